The Kier molecular flexibility index (Phi) is 4.10. The summed E-state index contributed by atoms with van der Waals surface area (Å²) in [6, 6.07) is 0.542. The molecule has 110 valence electrons. The molecule has 1 aliphatic carbocycles. The number of likely N-dealkylation sites (N-methyl/N-ethyl adjacent to an activating group) is 1. The first-order chi connectivity index (χ1) is 9.19. The Labute approximate surface area is 115 Å². The van der Waals surface area contributed by atoms with Gasteiger partial charge in [-0.2, -0.15) is 0 Å². The third-order valence-electron chi connectivity index (χ3n) is 4.77. The van der Waals surface area contributed by atoms with Crippen molar-refractivity contribution < 1.29 is 14.2 Å². The Morgan fingerprint density at radius 2 is 2.00 bits per heavy atom. The molecule has 19 heavy (non-hydrogen) atoms. The van der Waals surface area contributed by atoms with Gasteiger partial charge in [0.25, 0.3) is 0 Å². The lowest BCUT2D eigenvalue weighted by Crippen LogP contribution is -2.56. The highest BCUT2D eigenvalue weighted by Crippen LogP contribution is 2.37. The highest BCUT2D eigenvalue weighted by Gasteiger charge is 2.45. The highest BCUT2D eigenvalue weighted by molar-refractivity contribution is 4.95. The average molecular weight is 270 g/mol. The second-order valence-corrected chi connectivity index (χ2v) is 6.16. The van der Waals surface area contributed by atoms with E-state index < -0.39 is 0 Å². The van der Waals surface area contributed by atoms with E-state index in [1.165, 1.54) is 12.8 Å². The van der Waals surface area contributed by atoms with Crippen LogP contribution in [0.5, 0.6) is 0 Å². The lowest BCUT2D eigenvalue weighted by molar-refractivity contribution is -0.191. The largest absolute Gasteiger partial charge is 0.377 e. The SMILES string of the molecule is CN(CC1CCCO1)C1CC2(CCC1N)OCCO2. The number of rotatable bonds is 3. The smallest absolute Gasteiger partial charge is 0.170 e. The van der Waals surface area contributed by atoms with Crippen molar-refractivity contribution >= 4 is 0 Å². The molecule has 5 heteroatoms. The van der Waals surface area contributed by atoms with Gasteiger partial charge in [0.05, 0.1) is 19.3 Å². The van der Waals surface area contributed by atoms with Crippen LogP contribution in [-0.4, -0.2) is 62.3 Å². The van der Waals surface area contributed by atoms with Crippen LogP contribution < -0.4 is 5.73 Å². The van der Waals surface area contributed by atoms with Gasteiger partial charge in [-0.1, -0.05) is 0 Å². The molecule has 5 nitrogen and oxygen atoms in total. The summed E-state index contributed by atoms with van der Waals surface area (Å²) in [5.41, 5.74) is 6.31. The van der Waals surface area contributed by atoms with Crippen molar-refractivity contribution in [2.24, 2.45) is 5.73 Å². The van der Waals surface area contributed by atoms with Crippen LogP contribution in [0.3, 0.4) is 0 Å². The first kappa shape index (κ1) is 13.8. The minimum Gasteiger partial charge on any atom is -0.377 e. The Balaban J connectivity index is 1.60. The molecule has 2 aliphatic heterocycles. The van der Waals surface area contributed by atoms with E-state index in [9.17, 15) is 0 Å². The summed E-state index contributed by atoms with van der Waals surface area (Å²) in [7, 11) is 2.15. The average Bonchev–Trinajstić information content (AvgIpc) is 3.05. The number of nitrogens with zero attached hydrogens (tertiary/aromatic N) is 1. The minimum absolute atomic E-state index is 0.213. The van der Waals surface area contributed by atoms with Crippen LogP contribution in [-0.2, 0) is 14.2 Å². The number of nitrogens with two attached hydrogens (primary N) is 1. The molecule has 3 atom stereocenters. The molecule has 0 aromatic carbocycles. The lowest BCUT2D eigenvalue weighted by atomic mass is 9.85. The van der Waals surface area contributed by atoms with Gasteiger partial charge in [0.2, 0.25) is 0 Å². The van der Waals surface area contributed by atoms with Crippen molar-refractivity contribution in [3.8, 4) is 0 Å². The molecule has 2 N–H and O–H groups in total. The van der Waals surface area contributed by atoms with Crippen molar-refractivity contribution in [3.63, 3.8) is 0 Å². The van der Waals surface area contributed by atoms with Crippen LogP contribution in [0.25, 0.3) is 0 Å². The molecule has 1 saturated carbocycles. The van der Waals surface area contributed by atoms with Gasteiger partial charge in [0.15, 0.2) is 5.79 Å². The summed E-state index contributed by atoms with van der Waals surface area (Å²) in [6.07, 6.45) is 5.52. The molecule has 3 aliphatic rings. The molecular formula is C14H26N2O3. The zero-order valence-electron chi connectivity index (χ0n) is 11.8. The van der Waals surface area contributed by atoms with Gasteiger partial charge >= 0.3 is 0 Å². The van der Waals surface area contributed by atoms with Gasteiger partial charge in [-0.05, 0) is 26.3 Å². The summed E-state index contributed by atoms with van der Waals surface area (Å²) in [4.78, 5) is 2.35. The van der Waals surface area contributed by atoms with Crippen molar-refractivity contribution in [3.05, 3.63) is 0 Å². The Hall–Kier alpha value is -0.200. The molecule has 0 bridgehead atoms. The van der Waals surface area contributed by atoms with Gasteiger partial charge in [-0.15, -0.1) is 0 Å². The predicted octanol–water partition coefficient (Wildman–Crippen LogP) is 0.720. The van der Waals surface area contributed by atoms with Gasteiger partial charge in [-0.25, -0.2) is 0 Å². The topological polar surface area (TPSA) is 57.0 Å². The molecule has 0 radical (unpaired) electrons. The van der Waals surface area contributed by atoms with Crippen molar-refractivity contribution in [2.45, 2.75) is 56.1 Å². The molecule has 3 rings (SSSR count). The van der Waals surface area contributed by atoms with Gasteiger partial charge in [0.1, 0.15) is 0 Å². The van der Waals surface area contributed by atoms with E-state index in [4.69, 9.17) is 19.9 Å². The van der Waals surface area contributed by atoms with E-state index in [1.807, 2.05) is 0 Å². The third-order valence-corrected chi connectivity index (χ3v) is 4.77. The quantitative estimate of drug-likeness (QED) is 0.819. The normalized spacial score (nSPS) is 38.4. The van der Waals surface area contributed by atoms with E-state index >= 15 is 0 Å². The maximum atomic E-state index is 6.31. The monoisotopic (exact) mass is 270 g/mol. The van der Waals surface area contributed by atoms with Gasteiger partial charge in [0, 0.05) is 38.1 Å². The van der Waals surface area contributed by atoms with Crippen LogP contribution in [0.2, 0.25) is 0 Å². The Bertz CT molecular complexity index is 301. The molecular weight excluding hydrogens is 244 g/mol. The third kappa shape index (κ3) is 2.95. The number of ether oxygens (including phenoxy) is 3. The van der Waals surface area contributed by atoms with E-state index in [1.54, 1.807) is 0 Å². The summed E-state index contributed by atoms with van der Waals surface area (Å²) in [6.45, 7) is 3.31. The molecule has 0 amide bonds. The van der Waals surface area contributed by atoms with E-state index in [2.05, 4.69) is 11.9 Å². The molecule has 3 unspecified atom stereocenters. The van der Waals surface area contributed by atoms with Crippen molar-refractivity contribution in [2.75, 3.05) is 33.4 Å². The Morgan fingerprint density at radius 3 is 2.68 bits per heavy atom. The lowest BCUT2D eigenvalue weighted by Gasteiger charge is -2.44. The molecule has 1 spiro atoms. The van der Waals surface area contributed by atoms with Crippen LogP contribution >= 0.6 is 0 Å². The first-order valence-corrected chi connectivity index (χ1v) is 7.54. The molecule has 3 fully saturated rings. The second kappa shape index (κ2) is 5.66. The standard InChI is InChI=1S/C14H26N2O3/c1-16(10-11-3-2-6-17-11)13-9-14(5-4-12(13)15)18-7-8-19-14/h11-13H,2-10,15H2,1H3. The fourth-order valence-corrected chi connectivity index (χ4v) is 3.64. The fourth-order valence-electron chi connectivity index (χ4n) is 3.64. The maximum Gasteiger partial charge on any atom is 0.170 e. The van der Waals surface area contributed by atoms with E-state index in [0.29, 0.717) is 12.1 Å². The van der Waals surface area contributed by atoms with Crippen LogP contribution in [0.4, 0.5) is 0 Å². The maximum absolute atomic E-state index is 6.31. The number of hydrogen-bond acceptors (Lipinski definition) is 5. The molecule has 2 saturated heterocycles. The highest BCUT2D eigenvalue weighted by atomic mass is 16.7. The van der Waals surface area contributed by atoms with Crippen molar-refractivity contribution in [1.82, 2.24) is 4.90 Å². The molecule has 2 heterocycles. The molecule has 0 aromatic rings. The fraction of sp³-hybridized carbons (Fsp3) is 1.00. The van der Waals surface area contributed by atoms with Crippen molar-refractivity contribution in [1.29, 1.82) is 0 Å². The van der Waals surface area contributed by atoms with E-state index in [0.717, 1.165) is 45.6 Å². The number of hydrogen-bond donors (Lipinski definition) is 1. The second-order valence-electron chi connectivity index (χ2n) is 6.16. The zero-order valence-corrected chi connectivity index (χ0v) is 11.8. The summed E-state index contributed by atoms with van der Waals surface area (Å²) >= 11 is 0. The summed E-state index contributed by atoms with van der Waals surface area (Å²) < 4.78 is 17.4. The summed E-state index contributed by atoms with van der Waals surface area (Å²) in [5.74, 6) is -0.356. The van der Waals surface area contributed by atoms with Crippen LogP contribution in [0.15, 0.2) is 0 Å². The van der Waals surface area contributed by atoms with Crippen LogP contribution in [0, 0.1) is 0 Å². The zero-order chi connectivity index (χ0) is 13.3. The molecule has 0 aromatic heterocycles. The predicted molar refractivity (Wildman–Crippen MR) is 71.9 cm³/mol. The summed E-state index contributed by atoms with van der Waals surface area (Å²) in [5, 5.41) is 0. The van der Waals surface area contributed by atoms with Crippen LogP contribution in [0.1, 0.15) is 32.1 Å². The van der Waals surface area contributed by atoms with E-state index in [-0.39, 0.29) is 11.8 Å². The first-order valence-electron chi connectivity index (χ1n) is 7.54. The minimum atomic E-state index is -0.356. The van der Waals surface area contributed by atoms with Gasteiger partial charge in [-0.3, -0.25) is 4.90 Å². The Morgan fingerprint density at radius 1 is 1.21 bits per heavy atom. The van der Waals surface area contributed by atoms with Gasteiger partial charge < -0.3 is 19.9 Å².